The number of rotatable bonds is 2. The molecule has 0 aromatic carbocycles. The third kappa shape index (κ3) is 5.25. The average Bonchev–Trinajstić information content (AvgIpc) is 3.73. The summed E-state index contributed by atoms with van der Waals surface area (Å²) < 4.78 is 94.5. The molecule has 18 nitrogen and oxygen atoms in total. The van der Waals surface area contributed by atoms with Crippen LogP contribution in [0.5, 0.6) is 0 Å². The van der Waals surface area contributed by atoms with Gasteiger partial charge in [-0.1, -0.05) is 24.5 Å². The van der Waals surface area contributed by atoms with Gasteiger partial charge in [-0.05, 0) is 0 Å². The van der Waals surface area contributed by atoms with Crippen molar-refractivity contribution in [1.82, 2.24) is 39.0 Å². The standard InChI is InChI=1S/C20H22F2N10O8P2S2/c21-9-13-7(37-19(9)31-5-29-11-15(23)25-3-27-17(11)31)1-35-41(33,43)40-14-8(2-36-42(34,44)39-13)38-20(10(14)22)32-6-30-12-16(24)26-4-28-18(12)32/h3-10,13-14,19-20H,1-2H2,(H,33,43)(H,34,44)(H2,23,25,27)(H2,24,26,28)/t7-,8-,9-,10-,13-,14-,19-,20-,41-,42+/m1/s1. The zero-order valence-electron chi connectivity index (χ0n) is 21.9. The van der Waals surface area contributed by atoms with Gasteiger partial charge in [0.05, 0.1) is 25.9 Å². The maximum atomic E-state index is 16.0. The van der Waals surface area contributed by atoms with Crippen LogP contribution in [-0.4, -0.2) is 89.0 Å². The minimum Gasteiger partial charge on any atom is -0.382 e. The van der Waals surface area contributed by atoms with E-state index in [4.69, 9.17) is 39.0 Å². The highest BCUT2D eigenvalue weighted by Gasteiger charge is 2.54. The molecule has 3 aliphatic heterocycles. The first-order valence-corrected chi connectivity index (χ1v) is 18.1. The number of anilines is 2. The van der Waals surface area contributed by atoms with Crippen LogP contribution in [0.1, 0.15) is 12.5 Å². The number of nitrogen functional groups attached to an aromatic ring is 2. The van der Waals surface area contributed by atoms with E-state index < -0.39 is 76.0 Å². The number of thiol groups is 2. The van der Waals surface area contributed by atoms with Gasteiger partial charge in [-0.25, -0.2) is 47.8 Å². The van der Waals surface area contributed by atoms with E-state index in [1.54, 1.807) is 0 Å². The van der Waals surface area contributed by atoms with E-state index in [-0.39, 0.29) is 34.0 Å². The molecule has 10 atom stereocenters. The Morgan fingerprint density at radius 1 is 0.727 bits per heavy atom. The fraction of sp³-hybridized carbons (Fsp3) is 0.500. The van der Waals surface area contributed by atoms with Gasteiger partial charge in [0.25, 0.3) is 0 Å². The Hall–Kier alpha value is -2.52. The average molecular weight is 695 g/mol. The van der Waals surface area contributed by atoms with Gasteiger partial charge in [0.2, 0.25) is 0 Å². The van der Waals surface area contributed by atoms with E-state index in [1.807, 2.05) is 0 Å². The van der Waals surface area contributed by atoms with Crippen LogP contribution in [-0.2, 0) is 36.7 Å². The van der Waals surface area contributed by atoms with E-state index >= 15 is 8.78 Å². The zero-order chi connectivity index (χ0) is 31.0. The van der Waals surface area contributed by atoms with Crippen molar-refractivity contribution in [3.05, 3.63) is 25.3 Å². The molecule has 0 saturated carbocycles. The predicted octanol–water partition coefficient (Wildman–Crippen LogP) is 2.19. The molecular weight excluding hydrogens is 672 g/mol. The topological polar surface area (TPSA) is 229 Å². The number of fused-ring (bicyclic) bond motifs is 4. The molecule has 0 unspecified atom stereocenters. The van der Waals surface area contributed by atoms with Crippen LogP contribution < -0.4 is 11.5 Å². The number of nitrogens with two attached hydrogens (primary N) is 2. The Morgan fingerprint density at radius 3 is 1.55 bits per heavy atom. The van der Waals surface area contributed by atoms with Crippen molar-refractivity contribution in [1.29, 1.82) is 0 Å². The van der Waals surface area contributed by atoms with Crippen LogP contribution in [0.15, 0.2) is 25.3 Å². The summed E-state index contributed by atoms with van der Waals surface area (Å²) in [5.41, 5.74) is 12.3. The van der Waals surface area contributed by atoms with Crippen molar-refractivity contribution < 1.29 is 45.5 Å². The molecule has 0 bridgehead atoms. The number of ether oxygens (including phenoxy) is 2. The normalized spacial score (nSPS) is 38.3. The second-order valence-electron chi connectivity index (χ2n) is 9.85. The number of nitrogens with zero attached hydrogens (tertiary/aromatic N) is 8. The first kappa shape index (κ1) is 30.2. The molecule has 3 aliphatic rings. The number of halogens is 2. The van der Waals surface area contributed by atoms with Crippen molar-refractivity contribution in [3.63, 3.8) is 0 Å². The van der Waals surface area contributed by atoms with Crippen molar-refractivity contribution in [2.24, 2.45) is 0 Å². The SMILES string of the molecule is Nc1ncnc2c1ncn2[C@@H]1O[C@@H]2CO[P@@](=O)(S)O[C@H]3[C@@H](F)[C@H](n4cnc5c(N)ncnc54)O[C@@H]3CO[P@](=O)(S)O[C@H]2[C@H]1F. The highest BCUT2D eigenvalue weighted by Crippen LogP contribution is 2.60. The van der Waals surface area contributed by atoms with E-state index in [1.165, 1.54) is 21.8 Å². The van der Waals surface area contributed by atoms with E-state index in [2.05, 4.69) is 54.4 Å². The molecule has 7 rings (SSSR count). The lowest BCUT2D eigenvalue weighted by atomic mass is 10.1. The van der Waals surface area contributed by atoms with Crippen molar-refractivity contribution in [3.8, 4) is 0 Å². The van der Waals surface area contributed by atoms with Crippen molar-refractivity contribution in [2.45, 2.75) is 49.2 Å². The molecule has 3 fully saturated rings. The molecule has 4 N–H and O–H groups in total. The summed E-state index contributed by atoms with van der Waals surface area (Å²) in [7, 11) is 0. The maximum Gasteiger partial charge on any atom is 0.386 e. The maximum absolute atomic E-state index is 16.0. The monoisotopic (exact) mass is 694 g/mol. The molecule has 3 saturated heterocycles. The largest absolute Gasteiger partial charge is 0.386 e. The molecule has 0 aliphatic carbocycles. The number of imidazole rings is 2. The van der Waals surface area contributed by atoms with E-state index in [9.17, 15) is 9.13 Å². The Labute approximate surface area is 255 Å². The van der Waals surface area contributed by atoms with Crippen LogP contribution in [0.2, 0.25) is 0 Å². The summed E-state index contributed by atoms with van der Waals surface area (Å²) >= 11 is 7.99. The molecule has 236 valence electrons. The van der Waals surface area contributed by atoms with Gasteiger partial charge in [-0.3, -0.25) is 27.2 Å². The fourth-order valence-electron chi connectivity index (χ4n) is 5.17. The molecule has 7 heterocycles. The summed E-state index contributed by atoms with van der Waals surface area (Å²) in [6, 6.07) is 0. The summed E-state index contributed by atoms with van der Waals surface area (Å²) in [6.45, 7) is -10.1. The molecular formula is C20H22F2N10O8P2S2. The van der Waals surface area contributed by atoms with Gasteiger partial charge in [0, 0.05) is 0 Å². The lowest BCUT2D eigenvalue weighted by molar-refractivity contribution is -0.0544. The lowest BCUT2D eigenvalue weighted by Crippen LogP contribution is -2.36. The minimum atomic E-state index is -4.39. The smallest absolute Gasteiger partial charge is 0.382 e. The van der Waals surface area contributed by atoms with Gasteiger partial charge < -0.3 is 20.9 Å². The second kappa shape index (κ2) is 11.1. The quantitative estimate of drug-likeness (QED) is 0.174. The third-order valence-corrected chi connectivity index (χ3v) is 10.4. The van der Waals surface area contributed by atoms with Crippen LogP contribution in [0.3, 0.4) is 0 Å². The Bertz CT molecular complexity index is 1710. The Kier molecular flexibility index (Phi) is 7.59. The van der Waals surface area contributed by atoms with Gasteiger partial charge in [-0.2, -0.15) is 0 Å². The molecule has 0 amide bonds. The van der Waals surface area contributed by atoms with E-state index in [0.29, 0.717) is 0 Å². The van der Waals surface area contributed by atoms with Gasteiger partial charge in [0.15, 0.2) is 47.7 Å². The van der Waals surface area contributed by atoms with Gasteiger partial charge in [-0.15, -0.1) is 0 Å². The summed E-state index contributed by atoms with van der Waals surface area (Å²) in [4.78, 5) is 24.0. The van der Waals surface area contributed by atoms with Crippen molar-refractivity contribution >= 4 is 72.1 Å². The molecule has 44 heavy (non-hydrogen) atoms. The summed E-state index contributed by atoms with van der Waals surface area (Å²) in [5.74, 6) is 0.101. The summed E-state index contributed by atoms with van der Waals surface area (Å²) in [5, 5.41) is 0. The fourth-order valence-corrected chi connectivity index (χ4v) is 8.14. The van der Waals surface area contributed by atoms with Gasteiger partial charge >= 0.3 is 13.6 Å². The predicted molar refractivity (Wildman–Crippen MR) is 152 cm³/mol. The molecule has 0 radical (unpaired) electrons. The minimum absolute atomic E-state index is 0.0504. The number of hydrogen-bond donors (Lipinski definition) is 4. The second-order valence-corrected chi connectivity index (χ2v) is 15.6. The Morgan fingerprint density at radius 2 is 1.14 bits per heavy atom. The molecule has 24 heteroatoms. The third-order valence-electron chi connectivity index (χ3n) is 7.17. The number of hydrogen-bond acceptors (Lipinski definition) is 16. The zero-order valence-corrected chi connectivity index (χ0v) is 25.5. The van der Waals surface area contributed by atoms with Crippen LogP contribution in [0.4, 0.5) is 20.4 Å². The lowest BCUT2D eigenvalue weighted by Gasteiger charge is -2.28. The van der Waals surface area contributed by atoms with Gasteiger partial charge in [0.1, 0.15) is 48.1 Å². The molecule has 4 aromatic rings. The molecule has 0 spiro atoms. The Balaban J connectivity index is 1.17. The van der Waals surface area contributed by atoms with Crippen molar-refractivity contribution in [2.75, 3.05) is 24.7 Å². The number of alkyl halides is 2. The molecule has 4 aromatic heterocycles. The van der Waals surface area contributed by atoms with E-state index in [0.717, 1.165) is 12.7 Å². The summed E-state index contributed by atoms with van der Waals surface area (Å²) in [6.07, 6.45) is -8.12. The first-order valence-electron chi connectivity index (χ1n) is 12.7. The highest BCUT2D eigenvalue weighted by atomic mass is 32.7. The number of aromatic nitrogens is 8. The van der Waals surface area contributed by atoms with Crippen LogP contribution in [0.25, 0.3) is 22.3 Å². The highest BCUT2D eigenvalue weighted by molar-refractivity contribution is 8.44. The van der Waals surface area contributed by atoms with Crippen LogP contribution >= 0.6 is 38.1 Å². The first-order chi connectivity index (χ1) is 20.9. The van der Waals surface area contributed by atoms with Crippen LogP contribution in [0, 0.1) is 0 Å².